The Labute approximate surface area is 275 Å². The van der Waals surface area contributed by atoms with Gasteiger partial charge in [-0.2, -0.15) is 0 Å². The third-order valence-electron chi connectivity index (χ3n) is 9.40. The third kappa shape index (κ3) is 4.10. The Morgan fingerprint density at radius 2 is 1.11 bits per heavy atom. The van der Waals surface area contributed by atoms with Crippen LogP contribution in [0.25, 0.3) is 74.8 Å². The van der Waals surface area contributed by atoms with Crippen molar-refractivity contribution in [2.24, 2.45) is 0 Å². The summed E-state index contributed by atoms with van der Waals surface area (Å²) in [6, 6.07) is 58.9. The fourth-order valence-electron chi connectivity index (χ4n) is 7.22. The monoisotopic (exact) mass is 617 g/mol. The first-order valence-electron chi connectivity index (χ1n) is 15.9. The molecule has 0 radical (unpaired) electrons. The molecule has 0 N–H and O–H groups in total. The minimum atomic E-state index is 0.879. The smallest absolute Gasteiger partial charge is 0.159 e. The van der Waals surface area contributed by atoms with E-state index in [0.717, 1.165) is 39.0 Å². The number of nitrogens with zero attached hydrogens (tertiary/aromatic N) is 1. The number of furan rings is 1. The molecule has 0 aliphatic heterocycles. The van der Waals surface area contributed by atoms with E-state index in [1.54, 1.807) is 0 Å². The second-order valence-electron chi connectivity index (χ2n) is 12.1. The van der Waals surface area contributed by atoms with Gasteiger partial charge >= 0.3 is 0 Å². The summed E-state index contributed by atoms with van der Waals surface area (Å²) in [4.78, 5) is 2.41. The van der Waals surface area contributed by atoms with Gasteiger partial charge in [-0.3, -0.25) is 0 Å². The van der Waals surface area contributed by atoms with Crippen molar-refractivity contribution in [3.63, 3.8) is 0 Å². The van der Waals surface area contributed by atoms with E-state index in [1.807, 2.05) is 17.4 Å². The van der Waals surface area contributed by atoms with Crippen LogP contribution in [0.4, 0.5) is 17.1 Å². The van der Waals surface area contributed by atoms with Crippen LogP contribution in [-0.4, -0.2) is 0 Å². The first-order valence-corrected chi connectivity index (χ1v) is 16.7. The van der Waals surface area contributed by atoms with Crippen molar-refractivity contribution in [3.05, 3.63) is 164 Å². The number of para-hydroxylation sites is 2. The summed E-state index contributed by atoms with van der Waals surface area (Å²) >= 11 is 1.89. The van der Waals surface area contributed by atoms with Gasteiger partial charge in [-0.1, -0.05) is 121 Å². The lowest BCUT2D eigenvalue weighted by Gasteiger charge is -2.27. The minimum Gasteiger partial charge on any atom is -0.454 e. The molecule has 10 rings (SSSR count). The fourth-order valence-corrected chi connectivity index (χ4v) is 8.47. The molecule has 0 saturated heterocycles. The Morgan fingerprint density at radius 3 is 1.98 bits per heavy atom. The second-order valence-corrected chi connectivity index (χ2v) is 13.2. The SMILES string of the molecule is c1ccc(-c2cccc(N(c3cc4c5cc6ccccc6cc5sc4c4ccccc34)c3cccc4c3oc3ccccc34)c2)cc1. The number of hydrogen-bond donors (Lipinski definition) is 0. The highest BCUT2D eigenvalue weighted by molar-refractivity contribution is 7.26. The number of thiophene rings is 1. The van der Waals surface area contributed by atoms with Crippen LogP contribution in [0.2, 0.25) is 0 Å². The second kappa shape index (κ2) is 10.3. The zero-order valence-corrected chi connectivity index (χ0v) is 26.2. The normalized spacial score (nSPS) is 11.8. The van der Waals surface area contributed by atoms with E-state index in [9.17, 15) is 0 Å². The first kappa shape index (κ1) is 26.3. The molecule has 220 valence electrons. The quantitative estimate of drug-likeness (QED) is 0.195. The average molecular weight is 618 g/mol. The van der Waals surface area contributed by atoms with E-state index in [1.165, 1.54) is 52.8 Å². The lowest BCUT2D eigenvalue weighted by Crippen LogP contribution is -2.11. The highest BCUT2D eigenvalue weighted by Crippen LogP contribution is 2.49. The summed E-state index contributed by atoms with van der Waals surface area (Å²) in [7, 11) is 0. The number of anilines is 3. The Bertz CT molecular complexity index is 2810. The van der Waals surface area contributed by atoms with Gasteiger partial charge in [-0.25, -0.2) is 0 Å². The lowest BCUT2D eigenvalue weighted by atomic mass is 10.00. The van der Waals surface area contributed by atoms with Crippen molar-refractivity contribution in [2.45, 2.75) is 0 Å². The van der Waals surface area contributed by atoms with Gasteiger partial charge in [0.05, 0.1) is 11.4 Å². The predicted molar refractivity (Wildman–Crippen MR) is 202 cm³/mol. The minimum absolute atomic E-state index is 0.879. The summed E-state index contributed by atoms with van der Waals surface area (Å²) in [6.45, 7) is 0. The van der Waals surface area contributed by atoms with Crippen LogP contribution in [0.15, 0.2) is 168 Å². The van der Waals surface area contributed by atoms with Crippen molar-refractivity contribution in [2.75, 3.05) is 4.90 Å². The predicted octanol–water partition coefficient (Wildman–Crippen LogP) is 13.4. The fraction of sp³-hybridized carbons (Fsp3) is 0. The molecule has 0 unspecified atom stereocenters. The molecule has 0 atom stereocenters. The maximum Gasteiger partial charge on any atom is 0.159 e. The van der Waals surface area contributed by atoms with Crippen molar-refractivity contribution in [1.29, 1.82) is 0 Å². The van der Waals surface area contributed by atoms with Crippen LogP contribution in [0, 0.1) is 0 Å². The summed E-state index contributed by atoms with van der Waals surface area (Å²) in [5.74, 6) is 0. The van der Waals surface area contributed by atoms with Gasteiger partial charge < -0.3 is 9.32 Å². The molecule has 2 nitrogen and oxygen atoms in total. The van der Waals surface area contributed by atoms with Crippen LogP contribution in [-0.2, 0) is 0 Å². The molecule has 0 aliphatic carbocycles. The number of fused-ring (bicyclic) bond motifs is 9. The first-order chi connectivity index (χ1) is 23.3. The van der Waals surface area contributed by atoms with Gasteiger partial charge in [-0.15, -0.1) is 11.3 Å². The Kier molecular flexibility index (Phi) is 5.78. The van der Waals surface area contributed by atoms with Gasteiger partial charge in [0.25, 0.3) is 0 Å². The standard InChI is InChI=1S/C44H27NOS/c1-2-12-28(13-3-1)29-16-10-17-32(24-29)45(39-22-11-21-35-34-19-8-9-23-41(34)46-43(35)39)40-27-38-37-25-30-14-4-5-15-31(30)26-42(37)47-44(38)36-20-7-6-18-33(36)40/h1-27H. The van der Waals surface area contributed by atoms with E-state index < -0.39 is 0 Å². The number of benzene rings is 8. The largest absolute Gasteiger partial charge is 0.454 e. The van der Waals surface area contributed by atoms with Crippen molar-refractivity contribution < 1.29 is 4.42 Å². The molecule has 0 spiro atoms. The van der Waals surface area contributed by atoms with Crippen LogP contribution < -0.4 is 4.90 Å². The summed E-state index contributed by atoms with van der Waals surface area (Å²) < 4.78 is 9.30. The highest BCUT2D eigenvalue weighted by atomic mass is 32.1. The van der Waals surface area contributed by atoms with Gasteiger partial charge in [0.2, 0.25) is 0 Å². The van der Waals surface area contributed by atoms with Crippen LogP contribution >= 0.6 is 11.3 Å². The van der Waals surface area contributed by atoms with E-state index >= 15 is 0 Å². The number of rotatable bonds is 4. The van der Waals surface area contributed by atoms with Crippen LogP contribution in [0.5, 0.6) is 0 Å². The van der Waals surface area contributed by atoms with Crippen LogP contribution in [0.1, 0.15) is 0 Å². The summed E-state index contributed by atoms with van der Waals surface area (Å²) in [6.07, 6.45) is 0. The zero-order chi connectivity index (χ0) is 30.9. The molecule has 2 heterocycles. The molecule has 0 aliphatic rings. The summed E-state index contributed by atoms with van der Waals surface area (Å²) in [5, 5.41) is 9.78. The van der Waals surface area contributed by atoms with Gasteiger partial charge in [0.1, 0.15) is 5.58 Å². The van der Waals surface area contributed by atoms with E-state index in [2.05, 4.69) is 163 Å². The molecule has 2 aromatic heterocycles. The third-order valence-corrected chi connectivity index (χ3v) is 10.6. The van der Waals surface area contributed by atoms with Crippen LogP contribution in [0.3, 0.4) is 0 Å². The van der Waals surface area contributed by atoms with Gasteiger partial charge in [0, 0.05) is 47.4 Å². The molecular weight excluding hydrogens is 591 g/mol. The maximum atomic E-state index is 6.69. The zero-order valence-electron chi connectivity index (χ0n) is 25.4. The molecule has 0 bridgehead atoms. The average Bonchev–Trinajstić information content (AvgIpc) is 3.70. The van der Waals surface area contributed by atoms with Gasteiger partial charge in [-0.05, 0) is 64.4 Å². The van der Waals surface area contributed by atoms with E-state index in [-0.39, 0.29) is 0 Å². The lowest BCUT2D eigenvalue weighted by molar-refractivity contribution is 0.669. The van der Waals surface area contributed by atoms with E-state index in [0.29, 0.717) is 0 Å². The molecular formula is C44H27NOS. The summed E-state index contributed by atoms with van der Waals surface area (Å²) in [5.41, 5.74) is 7.34. The van der Waals surface area contributed by atoms with E-state index in [4.69, 9.17) is 4.42 Å². The van der Waals surface area contributed by atoms with Crippen molar-refractivity contribution in [3.8, 4) is 11.1 Å². The Balaban J connectivity index is 1.32. The van der Waals surface area contributed by atoms with Crippen molar-refractivity contribution in [1.82, 2.24) is 0 Å². The highest BCUT2D eigenvalue weighted by Gasteiger charge is 2.23. The maximum absolute atomic E-state index is 6.69. The molecule has 47 heavy (non-hydrogen) atoms. The van der Waals surface area contributed by atoms with Gasteiger partial charge in [0.15, 0.2) is 5.58 Å². The molecule has 3 heteroatoms. The Morgan fingerprint density at radius 1 is 0.426 bits per heavy atom. The van der Waals surface area contributed by atoms with Crippen molar-refractivity contribution >= 4 is 92.1 Å². The molecule has 0 fully saturated rings. The molecule has 0 amide bonds. The molecule has 8 aromatic carbocycles. The topological polar surface area (TPSA) is 16.4 Å². The Hall–Kier alpha value is -5.90. The number of hydrogen-bond acceptors (Lipinski definition) is 3. The molecule has 0 saturated carbocycles. The molecule has 10 aromatic rings.